The molecule has 0 fully saturated rings. The molecule has 0 bridgehead atoms. The molecule has 8 heteroatoms. The van der Waals surface area contributed by atoms with Crippen molar-refractivity contribution in [3.8, 4) is 0 Å². The highest BCUT2D eigenvalue weighted by Crippen LogP contribution is 2.24. The average Bonchev–Trinajstić information content (AvgIpc) is 3.11. The van der Waals surface area contributed by atoms with Crippen molar-refractivity contribution in [3.05, 3.63) is 69.5 Å². The van der Waals surface area contributed by atoms with Crippen molar-refractivity contribution < 1.29 is 4.79 Å². The minimum absolute atomic E-state index is 0.132. The second kappa shape index (κ2) is 8.31. The van der Waals surface area contributed by atoms with Crippen molar-refractivity contribution in [3.63, 3.8) is 0 Å². The maximum Gasteiger partial charge on any atom is 0.278 e. The van der Waals surface area contributed by atoms with E-state index < -0.39 is 0 Å². The summed E-state index contributed by atoms with van der Waals surface area (Å²) < 4.78 is 1.59. The maximum absolute atomic E-state index is 12.9. The van der Waals surface area contributed by atoms with E-state index in [1.165, 1.54) is 11.8 Å². The minimum Gasteiger partial charge on any atom is -0.351 e. The van der Waals surface area contributed by atoms with Gasteiger partial charge in [-0.2, -0.15) is 0 Å². The number of fused-ring (bicyclic) bond motifs is 3. The molecule has 29 heavy (non-hydrogen) atoms. The Kier molecular flexibility index (Phi) is 5.60. The number of nitrogens with one attached hydrogen (secondary N) is 2. The van der Waals surface area contributed by atoms with E-state index in [1.807, 2.05) is 49.4 Å². The van der Waals surface area contributed by atoms with Crippen LogP contribution in [-0.4, -0.2) is 26.2 Å². The summed E-state index contributed by atoms with van der Waals surface area (Å²) in [6.07, 6.45) is 0. The molecular weight excluding hydrogens is 408 g/mol. The molecule has 2 aromatic heterocycles. The molecule has 6 nitrogen and oxygen atoms in total. The third-order valence-electron chi connectivity index (χ3n) is 4.66. The number of aromatic nitrogens is 3. The first-order valence-electron chi connectivity index (χ1n) is 9.22. The number of hydrogen-bond acceptors (Lipinski definition) is 4. The SMILES string of the molecule is CCn1c(SCC(=O)NCc2ccccc2Cl)nc2c([nH]c3ccccc32)c1=O. The third kappa shape index (κ3) is 3.88. The van der Waals surface area contributed by atoms with Gasteiger partial charge in [0.15, 0.2) is 5.16 Å². The number of nitrogens with zero attached hydrogens (tertiary/aromatic N) is 2. The van der Waals surface area contributed by atoms with Gasteiger partial charge in [-0.1, -0.05) is 59.8 Å². The van der Waals surface area contributed by atoms with E-state index in [1.54, 1.807) is 10.6 Å². The lowest BCUT2D eigenvalue weighted by molar-refractivity contribution is -0.118. The van der Waals surface area contributed by atoms with Gasteiger partial charge in [0, 0.05) is 29.0 Å². The molecule has 2 heterocycles. The first kappa shape index (κ1) is 19.5. The summed E-state index contributed by atoms with van der Waals surface area (Å²) in [5, 5.41) is 4.90. The molecule has 0 saturated carbocycles. The number of amides is 1. The number of carbonyl (C=O) groups is 1. The number of benzene rings is 2. The van der Waals surface area contributed by atoms with Crippen molar-refractivity contribution >= 4 is 51.2 Å². The molecule has 0 spiro atoms. The molecular formula is C21H19ClN4O2S. The van der Waals surface area contributed by atoms with Crippen LogP contribution in [-0.2, 0) is 17.9 Å². The Morgan fingerprint density at radius 3 is 2.76 bits per heavy atom. The van der Waals surface area contributed by atoms with E-state index in [0.29, 0.717) is 34.3 Å². The number of carbonyl (C=O) groups excluding carboxylic acids is 1. The monoisotopic (exact) mass is 426 g/mol. The van der Waals surface area contributed by atoms with E-state index in [0.717, 1.165) is 16.5 Å². The number of H-pyrrole nitrogens is 1. The van der Waals surface area contributed by atoms with Gasteiger partial charge in [-0.05, 0) is 24.6 Å². The molecule has 4 rings (SSSR count). The normalized spacial score (nSPS) is 11.2. The van der Waals surface area contributed by atoms with Crippen LogP contribution in [0, 0.1) is 0 Å². The first-order chi connectivity index (χ1) is 14.1. The van der Waals surface area contributed by atoms with Crippen molar-refractivity contribution in [2.45, 2.75) is 25.2 Å². The van der Waals surface area contributed by atoms with Crippen LogP contribution in [0.25, 0.3) is 21.9 Å². The summed E-state index contributed by atoms with van der Waals surface area (Å²) >= 11 is 7.38. The smallest absolute Gasteiger partial charge is 0.278 e. The Labute approximate surface area is 176 Å². The lowest BCUT2D eigenvalue weighted by atomic mass is 10.2. The molecule has 0 saturated heterocycles. The van der Waals surface area contributed by atoms with Gasteiger partial charge in [-0.25, -0.2) is 4.98 Å². The zero-order valence-electron chi connectivity index (χ0n) is 15.7. The summed E-state index contributed by atoms with van der Waals surface area (Å²) in [4.78, 5) is 33.1. The highest BCUT2D eigenvalue weighted by atomic mass is 35.5. The standard InChI is InChI=1S/C21H19ClN4O2S/c1-2-26-20(28)19-18(14-8-4-6-10-16(14)24-19)25-21(26)29-12-17(27)23-11-13-7-3-5-9-15(13)22/h3-10,24H,2,11-12H2,1H3,(H,23,27). The fourth-order valence-corrected chi connectivity index (χ4v) is 4.27. The van der Waals surface area contributed by atoms with Crippen LogP contribution in [0.15, 0.2) is 58.5 Å². The van der Waals surface area contributed by atoms with Crippen molar-refractivity contribution in [1.29, 1.82) is 0 Å². The average molecular weight is 427 g/mol. The summed E-state index contributed by atoms with van der Waals surface area (Å²) in [5.74, 6) is 0.0101. The molecule has 2 aromatic carbocycles. The van der Waals surface area contributed by atoms with Crippen molar-refractivity contribution in [1.82, 2.24) is 19.9 Å². The fourth-order valence-electron chi connectivity index (χ4n) is 3.18. The summed E-state index contributed by atoms with van der Waals surface area (Å²) in [7, 11) is 0. The summed E-state index contributed by atoms with van der Waals surface area (Å²) in [5.41, 5.74) is 2.72. The zero-order valence-corrected chi connectivity index (χ0v) is 17.3. The van der Waals surface area contributed by atoms with E-state index in [2.05, 4.69) is 10.3 Å². The number of aromatic amines is 1. The van der Waals surface area contributed by atoms with Gasteiger partial charge in [-0.15, -0.1) is 0 Å². The van der Waals surface area contributed by atoms with E-state index in [-0.39, 0.29) is 17.2 Å². The topological polar surface area (TPSA) is 79.8 Å². The number of thioether (sulfide) groups is 1. The Morgan fingerprint density at radius 1 is 1.21 bits per heavy atom. The van der Waals surface area contributed by atoms with Crippen molar-refractivity contribution in [2.75, 3.05) is 5.75 Å². The van der Waals surface area contributed by atoms with Crippen LogP contribution in [0.4, 0.5) is 0 Å². The lowest BCUT2D eigenvalue weighted by Crippen LogP contribution is -2.26. The van der Waals surface area contributed by atoms with E-state index >= 15 is 0 Å². The van der Waals surface area contributed by atoms with Crippen molar-refractivity contribution in [2.24, 2.45) is 0 Å². The Balaban J connectivity index is 1.55. The summed E-state index contributed by atoms with van der Waals surface area (Å²) in [6, 6.07) is 15.1. The molecule has 0 aliphatic rings. The van der Waals surface area contributed by atoms with Crippen LogP contribution in [0.2, 0.25) is 5.02 Å². The number of rotatable bonds is 6. The Hall–Kier alpha value is -2.77. The van der Waals surface area contributed by atoms with Crippen LogP contribution >= 0.6 is 23.4 Å². The van der Waals surface area contributed by atoms with Gasteiger partial charge in [0.1, 0.15) is 11.0 Å². The van der Waals surface area contributed by atoms with Crippen LogP contribution in [0.3, 0.4) is 0 Å². The molecule has 1 amide bonds. The quantitative estimate of drug-likeness (QED) is 0.361. The fraction of sp³-hybridized carbons (Fsp3) is 0.190. The number of hydrogen-bond donors (Lipinski definition) is 2. The van der Waals surface area contributed by atoms with Crippen LogP contribution < -0.4 is 10.9 Å². The first-order valence-corrected chi connectivity index (χ1v) is 10.6. The number of para-hydroxylation sites is 1. The predicted octanol–water partition coefficient (Wildman–Crippen LogP) is 3.96. The van der Waals surface area contributed by atoms with Gasteiger partial charge >= 0.3 is 0 Å². The van der Waals surface area contributed by atoms with Gasteiger partial charge in [0.2, 0.25) is 5.91 Å². The molecule has 0 unspecified atom stereocenters. The molecule has 148 valence electrons. The molecule has 0 radical (unpaired) electrons. The Morgan fingerprint density at radius 2 is 1.97 bits per heavy atom. The Bertz CT molecular complexity index is 1260. The largest absolute Gasteiger partial charge is 0.351 e. The molecule has 0 atom stereocenters. The number of halogens is 1. The molecule has 2 N–H and O–H groups in total. The molecule has 4 aromatic rings. The van der Waals surface area contributed by atoms with E-state index in [9.17, 15) is 9.59 Å². The van der Waals surface area contributed by atoms with Gasteiger partial charge in [0.25, 0.3) is 5.56 Å². The van der Waals surface area contributed by atoms with Gasteiger partial charge in [-0.3, -0.25) is 14.2 Å². The van der Waals surface area contributed by atoms with Crippen LogP contribution in [0.5, 0.6) is 0 Å². The van der Waals surface area contributed by atoms with Gasteiger partial charge in [0.05, 0.1) is 5.75 Å². The molecule has 0 aliphatic carbocycles. The molecule has 0 aliphatic heterocycles. The lowest BCUT2D eigenvalue weighted by Gasteiger charge is -2.10. The summed E-state index contributed by atoms with van der Waals surface area (Å²) in [6.45, 7) is 2.72. The minimum atomic E-state index is -0.147. The maximum atomic E-state index is 12.9. The highest BCUT2D eigenvalue weighted by Gasteiger charge is 2.16. The second-order valence-electron chi connectivity index (χ2n) is 6.49. The van der Waals surface area contributed by atoms with Crippen LogP contribution in [0.1, 0.15) is 12.5 Å². The van der Waals surface area contributed by atoms with E-state index in [4.69, 9.17) is 16.6 Å². The van der Waals surface area contributed by atoms with Gasteiger partial charge < -0.3 is 10.3 Å². The zero-order chi connectivity index (χ0) is 20.4. The highest BCUT2D eigenvalue weighted by molar-refractivity contribution is 7.99. The third-order valence-corrected chi connectivity index (χ3v) is 6.00. The second-order valence-corrected chi connectivity index (χ2v) is 7.84. The predicted molar refractivity (Wildman–Crippen MR) is 118 cm³/mol.